The molecule has 0 aliphatic carbocycles. The Morgan fingerprint density at radius 2 is 1.82 bits per heavy atom. The lowest BCUT2D eigenvalue weighted by molar-refractivity contribution is 0.0765. The zero-order valence-corrected chi connectivity index (χ0v) is 16.3. The maximum Gasteiger partial charge on any atom is 0.165 e. The van der Waals surface area contributed by atoms with E-state index in [0.29, 0.717) is 25.6 Å². The van der Waals surface area contributed by atoms with Crippen LogP contribution in [0.25, 0.3) is 21.3 Å². The smallest absolute Gasteiger partial charge is 0.165 e. The van der Waals surface area contributed by atoms with E-state index < -0.39 is 0 Å². The Morgan fingerprint density at radius 3 is 2.64 bits per heavy atom. The Kier molecular flexibility index (Phi) is 4.52. The summed E-state index contributed by atoms with van der Waals surface area (Å²) in [5.74, 6) is 1.46. The van der Waals surface area contributed by atoms with Crippen molar-refractivity contribution in [2.45, 2.75) is 19.8 Å². The number of aromatic nitrogens is 2. The van der Waals surface area contributed by atoms with Crippen LogP contribution in [0, 0.1) is 0 Å². The number of nitrogens with zero attached hydrogens (tertiary/aromatic N) is 3. The fourth-order valence-electron chi connectivity index (χ4n) is 3.51. The van der Waals surface area contributed by atoms with Crippen LogP contribution >= 0.6 is 11.3 Å². The largest absolute Gasteiger partial charge is 0.377 e. The molecule has 5 nitrogen and oxygen atoms in total. The van der Waals surface area contributed by atoms with Gasteiger partial charge in [-0.15, -0.1) is 11.3 Å². The Labute approximate surface area is 167 Å². The number of anilines is 1. The lowest BCUT2D eigenvalue weighted by Crippen LogP contribution is -2.29. The summed E-state index contributed by atoms with van der Waals surface area (Å²) in [6.45, 7) is 1.55. The Balaban J connectivity index is 1.67. The van der Waals surface area contributed by atoms with Crippen molar-refractivity contribution in [1.29, 1.82) is 0 Å². The number of benzene rings is 2. The van der Waals surface area contributed by atoms with E-state index in [9.17, 15) is 0 Å². The zero-order chi connectivity index (χ0) is 18.9. The molecule has 5 rings (SSSR count). The number of hydrogen-bond donors (Lipinski definition) is 0. The summed E-state index contributed by atoms with van der Waals surface area (Å²) < 4.78 is 5.29. The molecule has 1 aliphatic heterocycles. The highest BCUT2D eigenvalue weighted by molar-refractivity contribution is 7.17. The topological polar surface area (TPSA) is 47.5 Å². The summed E-state index contributed by atoms with van der Waals surface area (Å²) >= 11 is 1.62. The van der Waals surface area contributed by atoms with Gasteiger partial charge in [-0.3, -0.25) is 4.84 Å². The monoisotopic (exact) mass is 389 g/mol. The maximum atomic E-state index is 6.10. The molecule has 6 heteroatoms. The van der Waals surface area contributed by atoms with Gasteiger partial charge in [-0.2, -0.15) is 0 Å². The molecule has 2 aromatic carbocycles. The molecule has 0 saturated carbocycles. The summed E-state index contributed by atoms with van der Waals surface area (Å²) in [6.07, 6.45) is 0. The van der Waals surface area contributed by atoms with Crippen LogP contribution in [0.1, 0.15) is 17.0 Å². The highest BCUT2D eigenvalue weighted by Gasteiger charge is 2.24. The van der Waals surface area contributed by atoms with Crippen molar-refractivity contribution in [2.75, 3.05) is 12.2 Å². The van der Waals surface area contributed by atoms with Crippen molar-refractivity contribution in [3.05, 3.63) is 76.9 Å². The van der Waals surface area contributed by atoms with E-state index in [4.69, 9.17) is 19.5 Å². The molecule has 28 heavy (non-hydrogen) atoms. The molecule has 140 valence electrons. The third-order valence-electron chi connectivity index (χ3n) is 4.86. The van der Waals surface area contributed by atoms with Crippen molar-refractivity contribution in [3.63, 3.8) is 0 Å². The summed E-state index contributed by atoms with van der Waals surface area (Å²) in [5.41, 5.74) is 4.75. The lowest BCUT2D eigenvalue weighted by Gasteiger charge is -2.29. The Bertz CT molecular complexity index is 1130. The number of fused-ring (bicyclic) bond motifs is 2. The van der Waals surface area contributed by atoms with Gasteiger partial charge in [0.15, 0.2) is 11.6 Å². The fourth-order valence-corrected chi connectivity index (χ4v) is 4.47. The highest BCUT2D eigenvalue weighted by Crippen LogP contribution is 2.39. The van der Waals surface area contributed by atoms with Crippen LogP contribution in [-0.4, -0.2) is 17.1 Å². The standard InChI is InChI=1S/C22H19N3O2S/c1-26-13-19-23-21(25-11-16-9-5-6-10-17(16)12-27-25)20-18(14-28-22(20)24-19)15-7-3-2-4-8-15/h2-10,14H,11-13H2,1H3. The van der Waals surface area contributed by atoms with Crippen LogP contribution in [0.4, 0.5) is 5.82 Å². The van der Waals surface area contributed by atoms with Crippen molar-refractivity contribution >= 4 is 27.4 Å². The van der Waals surface area contributed by atoms with Crippen LogP contribution < -0.4 is 5.06 Å². The zero-order valence-electron chi connectivity index (χ0n) is 15.5. The molecular weight excluding hydrogens is 370 g/mol. The van der Waals surface area contributed by atoms with Gasteiger partial charge in [0.2, 0.25) is 0 Å². The minimum absolute atomic E-state index is 0.367. The van der Waals surface area contributed by atoms with Crippen LogP contribution in [0.5, 0.6) is 0 Å². The van der Waals surface area contributed by atoms with Gasteiger partial charge in [-0.25, -0.2) is 15.0 Å². The van der Waals surface area contributed by atoms with E-state index in [1.54, 1.807) is 18.4 Å². The molecule has 0 radical (unpaired) electrons. The minimum atomic E-state index is 0.367. The molecule has 2 aromatic heterocycles. The molecule has 0 N–H and O–H groups in total. The van der Waals surface area contributed by atoms with Gasteiger partial charge in [0.1, 0.15) is 18.0 Å². The number of methoxy groups -OCH3 is 1. The van der Waals surface area contributed by atoms with Gasteiger partial charge in [0.05, 0.1) is 11.9 Å². The van der Waals surface area contributed by atoms with Gasteiger partial charge in [-0.05, 0) is 16.7 Å². The van der Waals surface area contributed by atoms with Gasteiger partial charge in [-0.1, -0.05) is 54.6 Å². The molecule has 0 spiro atoms. The molecule has 4 aromatic rings. The molecule has 0 atom stereocenters. The van der Waals surface area contributed by atoms with E-state index in [0.717, 1.165) is 27.2 Å². The molecule has 3 heterocycles. The van der Waals surface area contributed by atoms with Crippen molar-refractivity contribution in [1.82, 2.24) is 9.97 Å². The summed E-state index contributed by atoms with van der Waals surface area (Å²) in [6, 6.07) is 18.7. The quantitative estimate of drug-likeness (QED) is 0.494. The summed E-state index contributed by atoms with van der Waals surface area (Å²) in [4.78, 5) is 16.6. The first-order valence-electron chi connectivity index (χ1n) is 9.13. The second-order valence-electron chi connectivity index (χ2n) is 6.67. The fraction of sp³-hybridized carbons (Fsp3) is 0.182. The third-order valence-corrected chi connectivity index (χ3v) is 5.74. The van der Waals surface area contributed by atoms with Gasteiger partial charge < -0.3 is 4.74 Å². The molecule has 1 aliphatic rings. The number of ether oxygens (including phenoxy) is 1. The molecule has 0 saturated heterocycles. The maximum absolute atomic E-state index is 6.10. The van der Waals surface area contributed by atoms with Crippen LogP contribution in [0.2, 0.25) is 0 Å². The molecule has 0 fully saturated rings. The molecule has 0 unspecified atom stereocenters. The van der Waals surface area contributed by atoms with E-state index in [1.807, 2.05) is 29.3 Å². The van der Waals surface area contributed by atoms with Crippen LogP contribution in [0.15, 0.2) is 60.0 Å². The molecular formula is C22H19N3O2S. The first-order chi connectivity index (χ1) is 13.8. The summed E-state index contributed by atoms with van der Waals surface area (Å²) in [5, 5.41) is 5.06. The normalized spacial score (nSPS) is 13.7. The lowest BCUT2D eigenvalue weighted by atomic mass is 10.1. The van der Waals surface area contributed by atoms with Crippen LogP contribution in [-0.2, 0) is 29.3 Å². The predicted molar refractivity (Wildman–Crippen MR) is 111 cm³/mol. The van der Waals surface area contributed by atoms with E-state index in [-0.39, 0.29) is 0 Å². The van der Waals surface area contributed by atoms with Crippen molar-refractivity contribution in [2.24, 2.45) is 0 Å². The average molecular weight is 389 g/mol. The molecule has 0 amide bonds. The van der Waals surface area contributed by atoms with E-state index >= 15 is 0 Å². The second kappa shape index (κ2) is 7.31. The van der Waals surface area contributed by atoms with Crippen LogP contribution in [0.3, 0.4) is 0 Å². The van der Waals surface area contributed by atoms with Crippen molar-refractivity contribution in [3.8, 4) is 11.1 Å². The van der Waals surface area contributed by atoms with Gasteiger partial charge >= 0.3 is 0 Å². The SMILES string of the molecule is COCc1nc(N2Cc3ccccc3CO2)c2c(-c3ccccc3)csc2n1. The molecule has 0 bridgehead atoms. The minimum Gasteiger partial charge on any atom is -0.377 e. The number of thiophene rings is 1. The van der Waals surface area contributed by atoms with Crippen molar-refractivity contribution < 1.29 is 9.57 Å². The second-order valence-corrected chi connectivity index (χ2v) is 7.53. The Morgan fingerprint density at radius 1 is 1.04 bits per heavy atom. The summed E-state index contributed by atoms with van der Waals surface area (Å²) in [7, 11) is 1.66. The van der Waals surface area contributed by atoms with E-state index in [1.165, 1.54) is 11.1 Å². The number of hydroxylamine groups is 1. The Hall–Kier alpha value is -2.80. The first kappa shape index (κ1) is 17.3. The first-order valence-corrected chi connectivity index (χ1v) is 10.0. The van der Waals surface area contributed by atoms with Gasteiger partial charge in [0.25, 0.3) is 0 Å². The number of hydrogen-bond acceptors (Lipinski definition) is 6. The predicted octanol–water partition coefficient (Wildman–Crippen LogP) is 4.96. The number of rotatable bonds is 4. The average Bonchev–Trinajstić information content (AvgIpc) is 3.18. The van der Waals surface area contributed by atoms with E-state index in [2.05, 4.69) is 35.7 Å². The van der Waals surface area contributed by atoms with Gasteiger partial charge in [0, 0.05) is 18.1 Å². The highest BCUT2D eigenvalue weighted by atomic mass is 32.1. The third kappa shape index (κ3) is 3.05.